The zero-order valence-corrected chi connectivity index (χ0v) is 10.3. The molecule has 0 N–H and O–H groups in total. The zero-order chi connectivity index (χ0) is 12.7. The molecule has 0 atom stereocenters. The Bertz CT molecular complexity index is 455. The number of hydrogen-bond donors (Lipinski definition) is 0. The molecule has 2 nitrogen and oxygen atoms in total. The van der Waals surface area contributed by atoms with E-state index < -0.39 is 5.41 Å². The maximum atomic E-state index is 9.21. The Hall–Kier alpha value is -2.06. The van der Waals surface area contributed by atoms with Gasteiger partial charge in [0.15, 0.2) is 5.41 Å². The smallest absolute Gasteiger partial charge is 0.151 e. The summed E-state index contributed by atoms with van der Waals surface area (Å²) in [6.45, 7) is 3.91. The van der Waals surface area contributed by atoms with Gasteiger partial charge in [-0.15, -0.1) is 0 Å². The summed E-state index contributed by atoms with van der Waals surface area (Å²) in [5.74, 6) is 0. The van der Waals surface area contributed by atoms with Gasteiger partial charge in [-0.2, -0.15) is 10.5 Å². The Balaban J connectivity index is 2.91. The third-order valence-electron chi connectivity index (χ3n) is 2.76. The van der Waals surface area contributed by atoms with E-state index in [1.165, 1.54) is 5.56 Å². The van der Waals surface area contributed by atoms with Gasteiger partial charge in [-0.25, -0.2) is 0 Å². The SMILES string of the molecule is C/C=C/CC(C#N)(C#N)Cc1ccc(C)cc1. The lowest BCUT2D eigenvalue weighted by atomic mass is 9.81. The van der Waals surface area contributed by atoms with Gasteiger partial charge in [-0.1, -0.05) is 42.0 Å². The van der Waals surface area contributed by atoms with Crippen LogP contribution >= 0.6 is 0 Å². The summed E-state index contributed by atoms with van der Waals surface area (Å²) in [5, 5.41) is 18.4. The van der Waals surface area contributed by atoms with Crippen molar-refractivity contribution in [2.75, 3.05) is 0 Å². The standard InChI is InChI=1S/C15H16N2/c1-3-4-9-15(11-16,12-17)10-14-7-5-13(2)6-8-14/h3-8H,9-10H2,1-2H3/b4-3+. The van der Waals surface area contributed by atoms with Gasteiger partial charge in [0.2, 0.25) is 0 Å². The van der Waals surface area contributed by atoms with Gasteiger partial charge in [0.1, 0.15) is 0 Å². The first-order valence-electron chi connectivity index (χ1n) is 5.65. The predicted octanol–water partition coefficient (Wildman–Crippen LogP) is 3.54. The second kappa shape index (κ2) is 5.87. The molecule has 86 valence electrons. The minimum Gasteiger partial charge on any atom is -0.197 e. The molecule has 0 saturated heterocycles. The normalized spacial score (nSPS) is 11.1. The van der Waals surface area contributed by atoms with Crippen molar-refractivity contribution in [3.05, 3.63) is 47.5 Å². The van der Waals surface area contributed by atoms with Crippen LogP contribution in [0.2, 0.25) is 0 Å². The summed E-state index contributed by atoms with van der Waals surface area (Å²) in [4.78, 5) is 0. The van der Waals surface area contributed by atoms with Crippen LogP contribution < -0.4 is 0 Å². The first-order chi connectivity index (χ1) is 8.15. The highest BCUT2D eigenvalue weighted by atomic mass is 14.4. The Kier molecular flexibility index (Phi) is 4.49. The highest BCUT2D eigenvalue weighted by Gasteiger charge is 2.28. The van der Waals surface area contributed by atoms with E-state index >= 15 is 0 Å². The van der Waals surface area contributed by atoms with Crippen molar-refractivity contribution < 1.29 is 0 Å². The van der Waals surface area contributed by atoms with Crippen LogP contribution in [0.4, 0.5) is 0 Å². The Morgan fingerprint density at radius 1 is 1.18 bits per heavy atom. The molecular weight excluding hydrogens is 208 g/mol. The van der Waals surface area contributed by atoms with Crippen molar-refractivity contribution in [1.29, 1.82) is 10.5 Å². The number of aryl methyl sites for hydroxylation is 1. The first-order valence-corrected chi connectivity index (χ1v) is 5.65. The number of hydrogen-bond acceptors (Lipinski definition) is 2. The van der Waals surface area contributed by atoms with Crippen molar-refractivity contribution in [2.24, 2.45) is 5.41 Å². The number of allylic oxidation sites excluding steroid dienone is 2. The fourth-order valence-electron chi connectivity index (χ4n) is 1.64. The van der Waals surface area contributed by atoms with Crippen molar-refractivity contribution in [2.45, 2.75) is 26.7 Å². The molecule has 0 heterocycles. The molecule has 0 radical (unpaired) electrons. The number of nitriles is 2. The molecule has 0 aliphatic carbocycles. The largest absolute Gasteiger partial charge is 0.197 e. The molecule has 0 spiro atoms. The van der Waals surface area contributed by atoms with Crippen molar-refractivity contribution in [1.82, 2.24) is 0 Å². The van der Waals surface area contributed by atoms with Crippen molar-refractivity contribution >= 4 is 0 Å². The van der Waals surface area contributed by atoms with Crippen LogP contribution in [0.5, 0.6) is 0 Å². The molecule has 0 amide bonds. The van der Waals surface area contributed by atoms with E-state index in [0.29, 0.717) is 12.8 Å². The molecule has 17 heavy (non-hydrogen) atoms. The molecule has 2 heteroatoms. The second-order valence-corrected chi connectivity index (χ2v) is 4.24. The Morgan fingerprint density at radius 3 is 2.24 bits per heavy atom. The fourth-order valence-corrected chi connectivity index (χ4v) is 1.64. The predicted molar refractivity (Wildman–Crippen MR) is 68.0 cm³/mol. The monoisotopic (exact) mass is 224 g/mol. The summed E-state index contributed by atoms with van der Waals surface area (Å²) >= 11 is 0. The Labute approximate surface area is 103 Å². The molecule has 1 aromatic rings. The average Bonchev–Trinajstić information content (AvgIpc) is 2.37. The van der Waals surface area contributed by atoms with Gasteiger partial charge < -0.3 is 0 Å². The summed E-state index contributed by atoms with van der Waals surface area (Å²) < 4.78 is 0. The third-order valence-corrected chi connectivity index (χ3v) is 2.76. The van der Waals surface area contributed by atoms with Crippen molar-refractivity contribution in [3.63, 3.8) is 0 Å². The van der Waals surface area contributed by atoms with Crippen LogP contribution in [0.1, 0.15) is 24.5 Å². The number of benzene rings is 1. The van der Waals surface area contributed by atoms with Crippen LogP contribution in [-0.2, 0) is 6.42 Å². The van der Waals surface area contributed by atoms with Gasteiger partial charge in [0, 0.05) is 6.42 Å². The summed E-state index contributed by atoms with van der Waals surface area (Å²) in [7, 11) is 0. The minimum atomic E-state index is -0.943. The van der Waals surface area contributed by atoms with Gasteiger partial charge in [-0.05, 0) is 25.8 Å². The van der Waals surface area contributed by atoms with Crippen LogP contribution in [-0.4, -0.2) is 0 Å². The van der Waals surface area contributed by atoms with E-state index in [2.05, 4.69) is 12.1 Å². The maximum absolute atomic E-state index is 9.21. The highest BCUT2D eigenvalue weighted by Crippen LogP contribution is 2.26. The van der Waals surface area contributed by atoms with E-state index in [1.807, 2.05) is 50.3 Å². The topological polar surface area (TPSA) is 47.6 Å². The Morgan fingerprint density at radius 2 is 1.76 bits per heavy atom. The van der Waals surface area contributed by atoms with Crippen LogP contribution in [0.15, 0.2) is 36.4 Å². The molecule has 0 saturated carbocycles. The fraction of sp³-hybridized carbons (Fsp3) is 0.333. The van der Waals surface area contributed by atoms with Gasteiger partial charge in [0.05, 0.1) is 12.1 Å². The second-order valence-electron chi connectivity index (χ2n) is 4.24. The average molecular weight is 224 g/mol. The number of rotatable bonds is 4. The van der Waals surface area contributed by atoms with E-state index in [-0.39, 0.29) is 0 Å². The molecule has 0 fully saturated rings. The lowest BCUT2D eigenvalue weighted by Gasteiger charge is -2.16. The zero-order valence-electron chi connectivity index (χ0n) is 10.3. The van der Waals surface area contributed by atoms with Gasteiger partial charge in [-0.3, -0.25) is 0 Å². The van der Waals surface area contributed by atoms with Crippen LogP contribution in [0, 0.1) is 35.0 Å². The lowest BCUT2D eigenvalue weighted by molar-refractivity contribution is 0.526. The first kappa shape index (κ1) is 13.0. The van der Waals surface area contributed by atoms with Crippen molar-refractivity contribution in [3.8, 4) is 12.1 Å². The lowest BCUT2D eigenvalue weighted by Crippen LogP contribution is -2.18. The molecule has 0 aromatic heterocycles. The van der Waals surface area contributed by atoms with Crippen LogP contribution in [0.3, 0.4) is 0 Å². The van der Waals surface area contributed by atoms with Gasteiger partial charge in [0.25, 0.3) is 0 Å². The molecule has 0 bridgehead atoms. The van der Waals surface area contributed by atoms with E-state index in [1.54, 1.807) is 0 Å². The van der Waals surface area contributed by atoms with E-state index in [0.717, 1.165) is 5.56 Å². The summed E-state index contributed by atoms with van der Waals surface area (Å²) in [6.07, 6.45) is 4.70. The molecule has 1 aromatic carbocycles. The van der Waals surface area contributed by atoms with E-state index in [4.69, 9.17) is 0 Å². The molecule has 1 rings (SSSR count). The van der Waals surface area contributed by atoms with Crippen LogP contribution in [0.25, 0.3) is 0 Å². The van der Waals surface area contributed by atoms with Gasteiger partial charge >= 0.3 is 0 Å². The molecular formula is C15H16N2. The number of nitrogens with zero attached hydrogens (tertiary/aromatic N) is 2. The summed E-state index contributed by atoms with van der Waals surface area (Å²) in [5.41, 5.74) is 1.27. The maximum Gasteiger partial charge on any atom is 0.151 e. The molecule has 0 aliphatic rings. The third kappa shape index (κ3) is 3.47. The highest BCUT2D eigenvalue weighted by molar-refractivity contribution is 5.28. The quantitative estimate of drug-likeness (QED) is 0.734. The summed E-state index contributed by atoms with van der Waals surface area (Å²) in [6, 6.07) is 12.3. The minimum absolute atomic E-state index is 0.477. The van der Waals surface area contributed by atoms with E-state index in [9.17, 15) is 10.5 Å². The molecule has 0 aliphatic heterocycles. The molecule has 0 unspecified atom stereocenters.